The molecule has 1 aromatic carbocycles. The summed E-state index contributed by atoms with van der Waals surface area (Å²) in [5.41, 5.74) is 1.12. The number of nitrogens with zero attached hydrogens (tertiary/aromatic N) is 2. The normalized spacial score (nSPS) is 10.8. The topological polar surface area (TPSA) is 35.0 Å². The van der Waals surface area contributed by atoms with Gasteiger partial charge in [-0.3, -0.25) is 0 Å². The predicted molar refractivity (Wildman–Crippen MR) is 80.9 cm³/mol. The number of hydrogen-bond donors (Lipinski definition) is 0. The molecule has 0 aliphatic rings. The van der Waals surface area contributed by atoms with E-state index >= 15 is 0 Å². The van der Waals surface area contributed by atoms with Crippen LogP contribution in [0.15, 0.2) is 18.2 Å². The molecule has 2 aromatic rings. The Labute approximate surface area is 133 Å². The van der Waals surface area contributed by atoms with E-state index in [0.717, 1.165) is 0 Å². The Bertz CT molecular complexity index is 605. The maximum atomic E-state index is 13.3. The summed E-state index contributed by atoms with van der Waals surface area (Å²) in [6.45, 7) is 0.302. The summed E-state index contributed by atoms with van der Waals surface area (Å²) >= 11 is 13.9. The van der Waals surface area contributed by atoms with Gasteiger partial charge in [0.25, 0.3) is 0 Å². The molecule has 2 rings (SSSR count). The van der Waals surface area contributed by atoms with E-state index in [4.69, 9.17) is 27.9 Å². The van der Waals surface area contributed by atoms with E-state index in [1.807, 2.05) is 22.6 Å². The van der Waals surface area contributed by atoms with Crippen molar-refractivity contribution in [2.45, 2.75) is 6.61 Å². The summed E-state index contributed by atoms with van der Waals surface area (Å²) < 4.78 is 19.1. The lowest BCUT2D eigenvalue weighted by Crippen LogP contribution is -2.02. The maximum absolute atomic E-state index is 13.3. The lowest BCUT2D eigenvalue weighted by molar-refractivity contribution is 0.181. The fraction of sp³-hybridized carbons (Fsp3) is 0.167. The Hall–Kier alpha value is -0.500. The molecule has 0 N–H and O–H groups in total. The number of methoxy groups -OCH3 is 1. The van der Waals surface area contributed by atoms with E-state index in [-0.39, 0.29) is 5.02 Å². The molecule has 0 aliphatic heterocycles. The lowest BCUT2D eigenvalue weighted by Gasteiger charge is -2.08. The zero-order chi connectivity index (χ0) is 14.0. The second-order valence-electron chi connectivity index (χ2n) is 3.69. The second kappa shape index (κ2) is 6.30. The SMILES string of the molecule is COCc1nc(-c2cc(F)cc(Cl)c2)nc(Cl)c1I. The molecular formula is C12H8Cl2FIN2O. The second-order valence-corrected chi connectivity index (χ2v) is 5.56. The van der Waals surface area contributed by atoms with E-state index in [0.29, 0.717) is 32.4 Å². The Kier molecular flexibility index (Phi) is 4.94. The van der Waals surface area contributed by atoms with Gasteiger partial charge in [-0.05, 0) is 40.8 Å². The first-order valence-electron chi connectivity index (χ1n) is 5.18. The Balaban J connectivity index is 2.55. The predicted octanol–water partition coefficient (Wildman–Crippen LogP) is 4.34. The number of hydrogen-bond acceptors (Lipinski definition) is 3. The highest BCUT2D eigenvalue weighted by molar-refractivity contribution is 14.1. The molecule has 3 nitrogen and oxygen atoms in total. The number of rotatable bonds is 3. The molecule has 1 heterocycles. The molecule has 0 unspecified atom stereocenters. The fourth-order valence-electron chi connectivity index (χ4n) is 1.51. The van der Waals surface area contributed by atoms with Gasteiger partial charge in [-0.15, -0.1) is 0 Å². The summed E-state index contributed by atoms with van der Waals surface area (Å²) in [7, 11) is 1.56. The highest BCUT2D eigenvalue weighted by Gasteiger charge is 2.13. The molecule has 0 saturated carbocycles. The van der Waals surface area contributed by atoms with Gasteiger partial charge in [0, 0.05) is 17.7 Å². The summed E-state index contributed by atoms with van der Waals surface area (Å²) in [5.74, 6) is -0.132. The molecule has 0 spiro atoms. The minimum atomic E-state index is -0.450. The number of halogens is 4. The van der Waals surface area contributed by atoms with Gasteiger partial charge in [0.05, 0.1) is 15.9 Å². The van der Waals surface area contributed by atoms with E-state index in [9.17, 15) is 4.39 Å². The van der Waals surface area contributed by atoms with Crippen LogP contribution in [0.2, 0.25) is 10.2 Å². The van der Waals surface area contributed by atoms with Crippen LogP contribution in [0, 0.1) is 9.39 Å². The lowest BCUT2D eigenvalue weighted by atomic mass is 10.2. The average molecular weight is 413 g/mol. The van der Waals surface area contributed by atoms with Crippen LogP contribution in [-0.4, -0.2) is 17.1 Å². The zero-order valence-corrected chi connectivity index (χ0v) is 13.4. The van der Waals surface area contributed by atoms with Crippen molar-refractivity contribution in [3.05, 3.63) is 43.5 Å². The molecule has 1 aromatic heterocycles. The molecule has 0 amide bonds. The Morgan fingerprint density at radius 3 is 2.63 bits per heavy atom. The largest absolute Gasteiger partial charge is 0.378 e. The molecule has 19 heavy (non-hydrogen) atoms. The van der Waals surface area contributed by atoms with Crippen molar-refractivity contribution in [1.29, 1.82) is 0 Å². The van der Waals surface area contributed by atoms with Crippen LogP contribution >= 0.6 is 45.8 Å². The first kappa shape index (κ1) is 14.9. The molecule has 0 fully saturated rings. The van der Waals surface area contributed by atoms with Crippen molar-refractivity contribution >= 4 is 45.8 Å². The summed E-state index contributed by atoms with van der Waals surface area (Å²) in [5, 5.41) is 0.583. The van der Waals surface area contributed by atoms with Crippen molar-refractivity contribution in [2.75, 3.05) is 7.11 Å². The molecule has 0 radical (unpaired) electrons. The van der Waals surface area contributed by atoms with Crippen LogP contribution in [0.4, 0.5) is 4.39 Å². The van der Waals surface area contributed by atoms with Crippen LogP contribution in [0.3, 0.4) is 0 Å². The molecular weight excluding hydrogens is 405 g/mol. The standard InChI is InChI=1S/C12H8Cl2FIN2O/c1-19-5-9-10(16)11(14)18-12(17-9)6-2-7(13)4-8(15)3-6/h2-4H,5H2,1H3. The molecule has 0 bridgehead atoms. The summed E-state index contributed by atoms with van der Waals surface area (Å²) in [6.07, 6.45) is 0. The summed E-state index contributed by atoms with van der Waals surface area (Å²) in [6, 6.07) is 4.11. The quantitative estimate of drug-likeness (QED) is 0.555. The van der Waals surface area contributed by atoms with Crippen molar-refractivity contribution in [3.63, 3.8) is 0 Å². The number of ether oxygens (including phenoxy) is 1. The van der Waals surface area contributed by atoms with Gasteiger partial charge in [-0.25, -0.2) is 14.4 Å². The van der Waals surface area contributed by atoms with Gasteiger partial charge in [-0.2, -0.15) is 0 Å². The molecule has 0 atom stereocenters. The minimum Gasteiger partial charge on any atom is -0.378 e. The van der Waals surface area contributed by atoms with Gasteiger partial charge in [0.15, 0.2) is 5.82 Å². The van der Waals surface area contributed by atoms with Gasteiger partial charge >= 0.3 is 0 Å². The first-order valence-corrected chi connectivity index (χ1v) is 7.02. The molecule has 0 saturated heterocycles. The van der Waals surface area contributed by atoms with Gasteiger partial charge in [0.1, 0.15) is 11.0 Å². The summed E-state index contributed by atoms with van der Waals surface area (Å²) in [4.78, 5) is 8.46. The van der Waals surface area contributed by atoms with Crippen LogP contribution in [-0.2, 0) is 11.3 Å². The van der Waals surface area contributed by atoms with E-state index < -0.39 is 5.82 Å². The number of aromatic nitrogens is 2. The molecule has 100 valence electrons. The Morgan fingerprint density at radius 1 is 1.26 bits per heavy atom. The first-order chi connectivity index (χ1) is 9.01. The van der Waals surface area contributed by atoms with E-state index in [1.54, 1.807) is 13.2 Å². The van der Waals surface area contributed by atoms with Crippen LogP contribution in [0.5, 0.6) is 0 Å². The van der Waals surface area contributed by atoms with Crippen LogP contribution in [0.25, 0.3) is 11.4 Å². The van der Waals surface area contributed by atoms with Crippen LogP contribution < -0.4 is 0 Å². The highest BCUT2D eigenvalue weighted by Crippen LogP contribution is 2.26. The molecule has 0 aliphatic carbocycles. The van der Waals surface area contributed by atoms with Gasteiger partial charge in [0.2, 0.25) is 0 Å². The van der Waals surface area contributed by atoms with E-state index in [2.05, 4.69) is 9.97 Å². The van der Waals surface area contributed by atoms with Crippen molar-refractivity contribution in [3.8, 4) is 11.4 Å². The van der Waals surface area contributed by atoms with Crippen LogP contribution in [0.1, 0.15) is 5.69 Å². The van der Waals surface area contributed by atoms with Gasteiger partial charge in [-0.1, -0.05) is 23.2 Å². The smallest absolute Gasteiger partial charge is 0.161 e. The third kappa shape index (κ3) is 3.53. The van der Waals surface area contributed by atoms with E-state index in [1.165, 1.54) is 12.1 Å². The maximum Gasteiger partial charge on any atom is 0.161 e. The van der Waals surface area contributed by atoms with Crippen molar-refractivity contribution in [2.24, 2.45) is 0 Å². The van der Waals surface area contributed by atoms with Crippen molar-refractivity contribution < 1.29 is 9.13 Å². The molecule has 7 heteroatoms. The van der Waals surface area contributed by atoms with Crippen molar-refractivity contribution in [1.82, 2.24) is 9.97 Å². The average Bonchev–Trinajstić information content (AvgIpc) is 2.33. The number of benzene rings is 1. The van der Waals surface area contributed by atoms with Gasteiger partial charge < -0.3 is 4.74 Å². The fourth-order valence-corrected chi connectivity index (χ4v) is 2.32. The monoisotopic (exact) mass is 412 g/mol. The minimum absolute atomic E-state index is 0.279. The third-order valence-corrected chi connectivity index (χ3v) is 4.23. The highest BCUT2D eigenvalue weighted by atomic mass is 127. The zero-order valence-electron chi connectivity index (χ0n) is 9.75. The Morgan fingerprint density at radius 2 is 2.00 bits per heavy atom. The third-order valence-electron chi connectivity index (χ3n) is 2.28.